The Morgan fingerprint density at radius 3 is 2.94 bits per heavy atom. The predicted molar refractivity (Wildman–Crippen MR) is 72.0 cm³/mol. The molecule has 1 fully saturated rings. The molecule has 1 aliphatic rings. The summed E-state index contributed by atoms with van der Waals surface area (Å²) in [6.45, 7) is 0. The van der Waals surface area contributed by atoms with Gasteiger partial charge < -0.3 is 4.74 Å². The summed E-state index contributed by atoms with van der Waals surface area (Å²) in [5, 5.41) is 1.95. The maximum absolute atomic E-state index is 11.4. The van der Waals surface area contributed by atoms with E-state index in [0.717, 1.165) is 15.3 Å². The van der Waals surface area contributed by atoms with E-state index in [1.54, 1.807) is 0 Å². The van der Waals surface area contributed by atoms with Crippen LogP contribution in [0, 0.1) is 0 Å². The molecule has 0 amide bonds. The van der Waals surface area contributed by atoms with Gasteiger partial charge in [-0.15, -0.1) is 23.1 Å². The Balaban J connectivity index is 1.94. The molecule has 0 unspecified atom stereocenters. The molecule has 0 bridgehead atoms. The maximum atomic E-state index is 11.4. The van der Waals surface area contributed by atoms with Gasteiger partial charge in [-0.25, -0.2) is 4.79 Å². The average molecular weight is 264 g/mol. The van der Waals surface area contributed by atoms with E-state index in [1.165, 1.54) is 36.2 Å². The molecule has 2 aromatic rings. The van der Waals surface area contributed by atoms with E-state index in [4.69, 9.17) is 4.74 Å². The topological polar surface area (TPSA) is 26.3 Å². The Morgan fingerprint density at radius 2 is 2.24 bits per heavy atom. The van der Waals surface area contributed by atoms with Gasteiger partial charge in [0.05, 0.1) is 7.11 Å². The summed E-state index contributed by atoms with van der Waals surface area (Å²) in [5.74, 6) is -0.248. The summed E-state index contributed by atoms with van der Waals surface area (Å²) < 4.78 is 5.88. The van der Waals surface area contributed by atoms with Crippen molar-refractivity contribution in [1.82, 2.24) is 0 Å². The molecule has 1 heterocycles. The van der Waals surface area contributed by atoms with Crippen molar-refractivity contribution in [1.29, 1.82) is 0 Å². The molecule has 0 saturated heterocycles. The molecule has 1 aromatic carbocycles. The van der Waals surface area contributed by atoms with Crippen LogP contribution in [-0.2, 0) is 4.74 Å². The number of methoxy groups -OCH3 is 1. The highest BCUT2D eigenvalue weighted by Crippen LogP contribution is 2.40. The molecule has 3 rings (SSSR count). The SMILES string of the molecule is COC(=O)c1cc2cc(SC3CC3)ccc2s1. The lowest BCUT2D eigenvalue weighted by atomic mass is 10.2. The zero-order valence-electron chi connectivity index (χ0n) is 9.43. The number of ether oxygens (including phenoxy) is 1. The first kappa shape index (κ1) is 11.1. The number of thioether (sulfide) groups is 1. The third-order valence-electron chi connectivity index (χ3n) is 2.70. The van der Waals surface area contributed by atoms with Crippen LogP contribution in [0.25, 0.3) is 10.1 Å². The minimum atomic E-state index is -0.248. The van der Waals surface area contributed by atoms with Gasteiger partial charge in [0.25, 0.3) is 0 Å². The van der Waals surface area contributed by atoms with Crippen molar-refractivity contribution < 1.29 is 9.53 Å². The van der Waals surface area contributed by atoms with Crippen molar-refractivity contribution in [3.63, 3.8) is 0 Å². The summed E-state index contributed by atoms with van der Waals surface area (Å²) in [6.07, 6.45) is 2.67. The molecule has 1 aromatic heterocycles. The molecule has 17 heavy (non-hydrogen) atoms. The van der Waals surface area contributed by atoms with Gasteiger partial charge >= 0.3 is 5.97 Å². The largest absolute Gasteiger partial charge is 0.465 e. The number of carbonyl (C=O) groups excluding carboxylic acids is 1. The van der Waals surface area contributed by atoms with Crippen LogP contribution >= 0.6 is 23.1 Å². The summed E-state index contributed by atoms with van der Waals surface area (Å²) in [6, 6.07) is 8.32. The molecular formula is C13H12O2S2. The third kappa shape index (κ3) is 2.33. The molecular weight excluding hydrogens is 252 g/mol. The Labute approximate surface area is 108 Å². The van der Waals surface area contributed by atoms with Gasteiger partial charge in [-0.2, -0.15) is 0 Å². The first-order valence-corrected chi connectivity index (χ1v) is 7.24. The summed E-state index contributed by atoms with van der Waals surface area (Å²) in [5.41, 5.74) is 0. The van der Waals surface area contributed by atoms with E-state index in [2.05, 4.69) is 18.2 Å². The normalized spacial score (nSPS) is 15.1. The van der Waals surface area contributed by atoms with E-state index in [9.17, 15) is 4.79 Å². The van der Waals surface area contributed by atoms with Crippen LogP contribution in [0.4, 0.5) is 0 Å². The van der Waals surface area contributed by atoms with E-state index in [1.807, 2.05) is 17.8 Å². The fraction of sp³-hybridized carbons (Fsp3) is 0.308. The highest BCUT2D eigenvalue weighted by molar-refractivity contribution is 8.00. The lowest BCUT2D eigenvalue weighted by molar-refractivity contribution is 0.0606. The number of hydrogen-bond acceptors (Lipinski definition) is 4. The second-order valence-electron chi connectivity index (χ2n) is 4.12. The lowest BCUT2D eigenvalue weighted by Crippen LogP contribution is -1.96. The second kappa shape index (κ2) is 4.35. The van der Waals surface area contributed by atoms with Crippen LogP contribution in [0.15, 0.2) is 29.2 Å². The van der Waals surface area contributed by atoms with Crippen LogP contribution in [0.5, 0.6) is 0 Å². The van der Waals surface area contributed by atoms with Gasteiger partial charge in [0, 0.05) is 14.8 Å². The molecule has 0 spiro atoms. The van der Waals surface area contributed by atoms with Gasteiger partial charge in [-0.1, -0.05) is 0 Å². The number of carbonyl (C=O) groups is 1. The second-order valence-corrected chi connectivity index (χ2v) is 6.58. The smallest absolute Gasteiger partial charge is 0.348 e. The fourth-order valence-electron chi connectivity index (χ4n) is 1.67. The molecule has 0 N–H and O–H groups in total. The lowest BCUT2D eigenvalue weighted by Gasteiger charge is -1.98. The minimum Gasteiger partial charge on any atom is -0.465 e. The number of hydrogen-bond donors (Lipinski definition) is 0. The summed E-state index contributed by atoms with van der Waals surface area (Å²) in [7, 11) is 1.42. The maximum Gasteiger partial charge on any atom is 0.348 e. The Hall–Kier alpha value is -1.00. The van der Waals surface area contributed by atoms with Crippen LogP contribution in [0.1, 0.15) is 22.5 Å². The molecule has 2 nitrogen and oxygen atoms in total. The van der Waals surface area contributed by atoms with Gasteiger partial charge in [-0.3, -0.25) is 0 Å². The van der Waals surface area contributed by atoms with Crippen LogP contribution < -0.4 is 0 Å². The zero-order valence-corrected chi connectivity index (χ0v) is 11.1. The zero-order chi connectivity index (χ0) is 11.8. The number of thiophene rings is 1. The number of fused-ring (bicyclic) bond motifs is 1. The van der Waals surface area contributed by atoms with Crippen molar-refractivity contribution in [2.75, 3.05) is 7.11 Å². The van der Waals surface area contributed by atoms with Gasteiger partial charge in [0.15, 0.2) is 0 Å². The molecule has 0 aliphatic heterocycles. The Morgan fingerprint density at radius 1 is 1.41 bits per heavy atom. The van der Waals surface area contributed by atoms with Crippen molar-refractivity contribution in [3.8, 4) is 0 Å². The molecule has 4 heteroatoms. The summed E-state index contributed by atoms with van der Waals surface area (Å²) >= 11 is 3.43. The van der Waals surface area contributed by atoms with Gasteiger partial charge in [-0.05, 0) is 42.5 Å². The summed E-state index contributed by atoms with van der Waals surface area (Å²) in [4.78, 5) is 13.4. The van der Waals surface area contributed by atoms with Crippen molar-refractivity contribution in [2.24, 2.45) is 0 Å². The first-order chi connectivity index (χ1) is 8.26. The average Bonchev–Trinajstić information content (AvgIpc) is 3.04. The molecule has 0 radical (unpaired) electrons. The van der Waals surface area contributed by atoms with Crippen molar-refractivity contribution >= 4 is 39.2 Å². The predicted octanol–water partition coefficient (Wildman–Crippen LogP) is 3.94. The highest BCUT2D eigenvalue weighted by Gasteiger charge is 2.22. The van der Waals surface area contributed by atoms with Crippen LogP contribution in [0.3, 0.4) is 0 Å². The Kier molecular flexibility index (Phi) is 2.84. The standard InChI is InChI=1S/C13H12O2S2/c1-15-13(14)12-7-8-6-10(16-9-2-3-9)4-5-11(8)17-12/h4-7,9H,2-3H2,1H3. The number of rotatable bonds is 3. The quantitative estimate of drug-likeness (QED) is 0.785. The number of esters is 1. The van der Waals surface area contributed by atoms with Crippen LogP contribution in [0.2, 0.25) is 0 Å². The number of benzene rings is 1. The van der Waals surface area contributed by atoms with E-state index in [-0.39, 0.29) is 5.97 Å². The highest BCUT2D eigenvalue weighted by atomic mass is 32.2. The molecule has 1 saturated carbocycles. The van der Waals surface area contributed by atoms with Crippen molar-refractivity contribution in [3.05, 3.63) is 29.1 Å². The third-order valence-corrected chi connectivity index (χ3v) is 5.13. The van der Waals surface area contributed by atoms with Crippen molar-refractivity contribution in [2.45, 2.75) is 23.0 Å². The molecule has 88 valence electrons. The monoisotopic (exact) mass is 264 g/mol. The first-order valence-electron chi connectivity index (χ1n) is 5.55. The minimum absolute atomic E-state index is 0.248. The van der Waals surface area contributed by atoms with E-state index >= 15 is 0 Å². The molecule has 1 aliphatic carbocycles. The fourth-order valence-corrected chi connectivity index (χ4v) is 3.73. The molecule has 0 atom stereocenters. The van der Waals surface area contributed by atoms with Crippen LogP contribution in [-0.4, -0.2) is 18.3 Å². The Bertz CT molecular complexity index is 570. The van der Waals surface area contributed by atoms with E-state index in [0.29, 0.717) is 4.88 Å². The van der Waals surface area contributed by atoms with Gasteiger partial charge in [0.2, 0.25) is 0 Å². The van der Waals surface area contributed by atoms with Gasteiger partial charge in [0.1, 0.15) is 4.88 Å². The van der Waals surface area contributed by atoms with E-state index < -0.39 is 0 Å².